The van der Waals surface area contributed by atoms with Crippen molar-refractivity contribution in [3.63, 3.8) is 0 Å². The second-order valence-corrected chi connectivity index (χ2v) is 10.9. The summed E-state index contributed by atoms with van der Waals surface area (Å²) in [6, 6.07) is 12.4. The Kier molecular flexibility index (Phi) is 5.40. The molecule has 0 saturated carbocycles. The highest BCUT2D eigenvalue weighted by atomic mass is 32.2. The van der Waals surface area contributed by atoms with Crippen molar-refractivity contribution in [3.05, 3.63) is 65.3 Å². The molecule has 1 fully saturated rings. The van der Waals surface area contributed by atoms with E-state index in [1.165, 1.54) is 10.4 Å². The number of anilines is 1. The van der Waals surface area contributed by atoms with E-state index in [0.29, 0.717) is 36.9 Å². The molecule has 164 valence electrons. The van der Waals surface area contributed by atoms with E-state index in [1.807, 2.05) is 18.2 Å². The summed E-state index contributed by atoms with van der Waals surface area (Å²) in [4.78, 5) is 18.6. The first-order valence-corrected chi connectivity index (χ1v) is 12.7. The minimum atomic E-state index is -3.50. The minimum absolute atomic E-state index is 0.334. The fraction of sp³-hybridized carbons (Fsp3) is 0.261. The van der Waals surface area contributed by atoms with E-state index in [4.69, 9.17) is 9.97 Å². The molecule has 32 heavy (non-hydrogen) atoms. The number of thiophene rings is 1. The Balaban J connectivity index is 1.49. The summed E-state index contributed by atoms with van der Waals surface area (Å²) in [6.07, 6.45) is 3.50. The summed E-state index contributed by atoms with van der Waals surface area (Å²) in [7, 11) is -3.50. The van der Waals surface area contributed by atoms with Crippen molar-refractivity contribution in [1.29, 1.82) is 0 Å². The van der Waals surface area contributed by atoms with E-state index in [0.717, 1.165) is 21.6 Å². The average Bonchev–Trinajstić information content (AvgIpc) is 3.13. The van der Waals surface area contributed by atoms with Crippen LogP contribution in [0.25, 0.3) is 21.6 Å². The first-order valence-electron chi connectivity index (χ1n) is 10.4. The van der Waals surface area contributed by atoms with Gasteiger partial charge in [-0.3, -0.25) is 4.98 Å². The van der Waals surface area contributed by atoms with Gasteiger partial charge in [-0.2, -0.15) is 4.31 Å². The van der Waals surface area contributed by atoms with E-state index in [1.54, 1.807) is 52.3 Å². The lowest BCUT2D eigenvalue weighted by atomic mass is 10.2. The molecular weight excluding hydrogens is 442 g/mol. The molecule has 1 aromatic carbocycles. The standard InChI is InChI=1S/C23H23N5O2S2/c1-16-17(2)31-23-20(16)22(25-21(26-23)18-7-6-10-24-15-18)27-11-13-28(14-12-27)32(29,30)19-8-4-3-5-9-19/h3-10,15H,11-14H2,1-2H3. The second-order valence-electron chi connectivity index (χ2n) is 7.78. The van der Waals surface area contributed by atoms with E-state index < -0.39 is 10.0 Å². The molecule has 0 N–H and O–H groups in total. The number of benzene rings is 1. The van der Waals surface area contributed by atoms with Gasteiger partial charge in [0.15, 0.2) is 5.82 Å². The lowest BCUT2D eigenvalue weighted by Crippen LogP contribution is -2.49. The van der Waals surface area contributed by atoms with Crippen LogP contribution < -0.4 is 4.90 Å². The smallest absolute Gasteiger partial charge is 0.243 e. The number of rotatable bonds is 4. The first-order chi connectivity index (χ1) is 15.4. The Morgan fingerprint density at radius 1 is 0.938 bits per heavy atom. The summed E-state index contributed by atoms with van der Waals surface area (Å²) >= 11 is 1.66. The number of aryl methyl sites for hydroxylation is 2. The third kappa shape index (κ3) is 3.66. The maximum absolute atomic E-state index is 13.0. The van der Waals surface area contributed by atoms with Gasteiger partial charge in [0.25, 0.3) is 0 Å². The van der Waals surface area contributed by atoms with Gasteiger partial charge in [0.2, 0.25) is 10.0 Å². The van der Waals surface area contributed by atoms with Crippen LogP contribution in [0.15, 0.2) is 59.8 Å². The van der Waals surface area contributed by atoms with E-state index >= 15 is 0 Å². The summed E-state index contributed by atoms with van der Waals surface area (Å²) < 4.78 is 27.6. The molecule has 4 aromatic rings. The quantitative estimate of drug-likeness (QED) is 0.455. The molecule has 0 bridgehead atoms. The van der Waals surface area contributed by atoms with Gasteiger partial charge in [0, 0.05) is 49.0 Å². The van der Waals surface area contributed by atoms with Crippen molar-refractivity contribution in [2.24, 2.45) is 0 Å². The number of pyridine rings is 1. The summed E-state index contributed by atoms with van der Waals surface area (Å²) in [5.41, 5.74) is 2.04. The van der Waals surface area contributed by atoms with Crippen LogP contribution >= 0.6 is 11.3 Å². The predicted octanol–water partition coefficient (Wildman–Crippen LogP) is 3.88. The summed E-state index contributed by atoms with van der Waals surface area (Å²) in [5, 5.41) is 1.06. The third-order valence-electron chi connectivity index (χ3n) is 5.85. The van der Waals surface area contributed by atoms with Crippen molar-refractivity contribution < 1.29 is 8.42 Å². The van der Waals surface area contributed by atoms with Crippen LogP contribution in [0.4, 0.5) is 5.82 Å². The third-order valence-corrected chi connectivity index (χ3v) is 8.86. The maximum Gasteiger partial charge on any atom is 0.243 e. The zero-order valence-electron chi connectivity index (χ0n) is 17.9. The zero-order valence-corrected chi connectivity index (χ0v) is 19.5. The molecule has 0 amide bonds. The van der Waals surface area contributed by atoms with Gasteiger partial charge >= 0.3 is 0 Å². The molecule has 5 rings (SSSR count). The molecule has 0 radical (unpaired) electrons. The van der Waals surface area contributed by atoms with Crippen LogP contribution in [-0.4, -0.2) is 53.9 Å². The van der Waals surface area contributed by atoms with E-state index in [-0.39, 0.29) is 0 Å². The van der Waals surface area contributed by atoms with Crippen molar-refractivity contribution in [2.75, 3.05) is 31.1 Å². The molecule has 3 aromatic heterocycles. The fourth-order valence-corrected chi connectivity index (χ4v) is 6.43. The molecule has 0 spiro atoms. The monoisotopic (exact) mass is 465 g/mol. The van der Waals surface area contributed by atoms with Crippen LogP contribution in [0.2, 0.25) is 0 Å². The lowest BCUT2D eigenvalue weighted by Gasteiger charge is -2.35. The number of fused-ring (bicyclic) bond motifs is 1. The van der Waals surface area contributed by atoms with Crippen molar-refractivity contribution in [2.45, 2.75) is 18.7 Å². The predicted molar refractivity (Wildman–Crippen MR) is 128 cm³/mol. The van der Waals surface area contributed by atoms with Crippen molar-refractivity contribution >= 4 is 37.4 Å². The molecule has 7 nitrogen and oxygen atoms in total. The molecule has 1 aliphatic heterocycles. The second kappa shape index (κ2) is 8.23. The Morgan fingerprint density at radius 2 is 1.69 bits per heavy atom. The Labute approximate surface area is 191 Å². The number of sulfonamides is 1. The van der Waals surface area contributed by atoms with Crippen LogP contribution in [0, 0.1) is 13.8 Å². The Morgan fingerprint density at radius 3 is 2.38 bits per heavy atom. The largest absolute Gasteiger partial charge is 0.353 e. The van der Waals surface area contributed by atoms with Gasteiger partial charge < -0.3 is 4.90 Å². The van der Waals surface area contributed by atoms with Crippen LogP contribution in [0.5, 0.6) is 0 Å². The highest BCUT2D eigenvalue weighted by Crippen LogP contribution is 2.37. The van der Waals surface area contributed by atoms with E-state index in [9.17, 15) is 8.42 Å². The molecule has 0 aliphatic carbocycles. The molecule has 0 atom stereocenters. The highest BCUT2D eigenvalue weighted by molar-refractivity contribution is 7.89. The summed E-state index contributed by atoms with van der Waals surface area (Å²) in [6.45, 7) is 6.15. The van der Waals surface area contributed by atoms with Gasteiger partial charge in [-0.15, -0.1) is 11.3 Å². The SMILES string of the molecule is Cc1sc2nc(-c3cccnc3)nc(N3CCN(S(=O)(=O)c4ccccc4)CC3)c2c1C. The van der Waals surface area contributed by atoms with Gasteiger partial charge in [-0.1, -0.05) is 18.2 Å². The highest BCUT2D eigenvalue weighted by Gasteiger charge is 2.30. The van der Waals surface area contributed by atoms with Crippen molar-refractivity contribution in [1.82, 2.24) is 19.3 Å². The first kappa shape index (κ1) is 21.0. The average molecular weight is 466 g/mol. The number of hydrogen-bond acceptors (Lipinski definition) is 7. The molecule has 9 heteroatoms. The lowest BCUT2D eigenvalue weighted by molar-refractivity contribution is 0.384. The number of aromatic nitrogens is 3. The van der Waals surface area contributed by atoms with Gasteiger partial charge in [0.05, 0.1) is 10.3 Å². The fourth-order valence-electron chi connectivity index (χ4n) is 3.96. The molecule has 4 heterocycles. The Hall–Kier alpha value is -2.88. The zero-order chi connectivity index (χ0) is 22.3. The van der Waals surface area contributed by atoms with E-state index in [2.05, 4.69) is 23.7 Å². The Bertz CT molecular complexity index is 1360. The van der Waals surface area contributed by atoms with Crippen molar-refractivity contribution in [3.8, 4) is 11.4 Å². The van der Waals surface area contributed by atoms with Gasteiger partial charge in [0.1, 0.15) is 10.6 Å². The number of piperazine rings is 1. The van der Waals surface area contributed by atoms with Crippen LogP contribution in [-0.2, 0) is 10.0 Å². The normalized spacial score (nSPS) is 15.4. The maximum atomic E-state index is 13.0. The molecule has 0 unspecified atom stereocenters. The minimum Gasteiger partial charge on any atom is -0.353 e. The number of nitrogens with zero attached hydrogens (tertiary/aromatic N) is 5. The molecule has 1 saturated heterocycles. The number of hydrogen-bond donors (Lipinski definition) is 0. The summed E-state index contributed by atoms with van der Waals surface area (Å²) in [5.74, 6) is 1.51. The molecular formula is C23H23N5O2S2. The van der Waals surface area contributed by atoms with Gasteiger partial charge in [-0.05, 0) is 43.7 Å². The van der Waals surface area contributed by atoms with Crippen LogP contribution in [0.1, 0.15) is 10.4 Å². The van der Waals surface area contributed by atoms with Crippen LogP contribution in [0.3, 0.4) is 0 Å². The van der Waals surface area contributed by atoms with Gasteiger partial charge in [-0.25, -0.2) is 18.4 Å². The molecule has 1 aliphatic rings. The topological polar surface area (TPSA) is 79.3 Å².